The maximum absolute atomic E-state index is 12.9. The Hall–Kier alpha value is -1.72. The lowest BCUT2D eigenvalue weighted by Crippen LogP contribution is -2.00. The second kappa shape index (κ2) is 3.34. The second-order valence-corrected chi connectivity index (χ2v) is 2.29. The third kappa shape index (κ3) is 1.71. The van der Waals surface area contributed by atoms with Crippen LogP contribution in [-0.2, 0) is 0 Å². The molecule has 0 aliphatic rings. The second-order valence-electron chi connectivity index (χ2n) is 2.29. The maximum Gasteiger partial charge on any atom is 0.298 e. The zero-order chi connectivity index (χ0) is 10.0. The molecule has 0 aliphatic heterocycles. The molecule has 0 fully saturated rings. The standard InChI is InChI=1S/C7H6F2N2O2/c1-10-7-5(9)2-4(8)3-6(7)11(12)13/h2-3,10H,1H3. The third-order valence-electron chi connectivity index (χ3n) is 1.48. The predicted molar refractivity (Wildman–Crippen MR) is 42.6 cm³/mol. The summed E-state index contributed by atoms with van der Waals surface area (Å²) in [6.07, 6.45) is 0. The maximum atomic E-state index is 12.9. The number of rotatable bonds is 2. The number of hydrogen-bond acceptors (Lipinski definition) is 3. The summed E-state index contributed by atoms with van der Waals surface area (Å²) in [5.74, 6) is -1.95. The zero-order valence-electron chi connectivity index (χ0n) is 6.67. The van der Waals surface area contributed by atoms with Crippen molar-refractivity contribution in [3.63, 3.8) is 0 Å². The summed E-state index contributed by atoms with van der Waals surface area (Å²) in [4.78, 5) is 9.47. The first kappa shape index (κ1) is 9.37. The van der Waals surface area contributed by atoms with Crippen LogP contribution < -0.4 is 5.32 Å². The molecule has 0 spiro atoms. The average molecular weight is 188 g/mol. The van der Waals surface area contributed by atoms with Gasteiger partial charge in [0.2, 0.25) is 0 Å². The number of benzene rings is 1. The Bertz CT molecular complexity index is 355. The molecule has 0 aromatic heterocycles. The number of nitrogens with one attached hydrogen (secondary N) is 1. The van der Waals surface area contributed by atoms with Crippen LogP contribution in [0.5, 0.6) is 0 Å². The molecule has 0 bridgehead atoms. The highest BCUT2D eigenvalue weighted by Crippen LogP contribution is 2.27. The van der Waals surface area contributed by atoms with Gasteiger partial charge in [0.05, 0.1) is 11.0 Å². The van der Waals surface area contributed by atoms with Gasteiger partial charge in [0, 0.05) is 13.1 Å². The van der Waals surface area contributed by atoms with Crippen LogP contribution in [-0.4, -0.2) is 12.0 Å². The molecule has 0 atom stereocenters. The van der Waals surface area contributed by atoms with E-state index < -0.39 is 22.2 Å². The summed E-state index contributed by atoms with van der Waals surface area (Å²) in [7, 11) is 1.32. The lowest BCUT2D eigenvalue weighted by atomic mass is 10.2. The molecule has 0 saturated heterocycles. The van der Waals surface area contributed by atoms with Crippen molar-refractivity contribution in [1.29, 1.82) is 0 Å². The quantitative estimate of drug-likeness (QED) is 0.569. The van der Waals surface area contributed by atoms with Crippen LogP contribution in [0, 0.1) is 21.7 Å². The van der Waals surface area contributed by atoms with Gasteiger partial charge in [-0.25, -0.2) is 8.78 Å². The van der Waals surface area contributed by atoms with Crippen molar-refractivity contribution in [2.45, 2.75) is 0 Å². The van der Waals surface area contributed by atoms with Crippen LogP contribution in [0.15, 0.2) is 12.1 Å². The topological polar surface area (TPSA) is 55.2 Å². The van der Waals surface area contributed by atoms with Crippen molar-refractivity contribution in [3.8, 4) is 0 Å². The molecule has 13 heavy (non-hydrogen) atoms. The van der Waals surface area contributed by atoms with E-state index in [2.05, 4.69) is 5.32 Å². The Kier molecular flexibility index (Phi) is 2.41. The average Bonchev–Trinajstić information content (AvgIpc) is 2.02. The third-order valence-corrected chi connectivity index (χ3v) is 1.48. The van der Waals surface area contributed by atoms with Crippen molar-refractivity contribution in [1.82, 2.24) is 0 Å². The molecule has 1 rings (SSSR count). The van der Waals surface area contributed by atoms with Gasteiger partial charge in [0.25, 0.3) is 5.69 Å². The van der Waals surface area contributed by atoms with E-state index in [-0.39, 0.29) is 5.69 Å². The van der Waals surface area contributed by atoms with E-state index in [1.165, 1.54) is 7.05 Å². The molecule has 1 N–H and O–H groups in total. The molecule has 4 nitrogen and oxygen atoms in total. The van der Waals surface area contributed by atoms with Gasteiger partial charge in [-0.1, -0.05) is 0 Å². The van der Waals surface area contributed by atoms with Crippen LogP contribution in [0.1, 0.15) is 0 Å². The molecule has 0 aliphatic carbocycles. The van der Waals surface area contributed by atoms with Crippen LogP contribution in [0.4, 0.5) is 20.2 Å². The van der Waals surface area contributed by atoms with E-state index in [1.54, 1.807) is 0 Å². The summed E-state index contributed by atoms with van der Waals surface area (Å²) in [6.45, 7) is 0. The fourth-order valence-electron chi connectivity index (χ4n) is 0.951. The smallest absolute Gasteiger partial charge is 0.298 e. The van der Waals surface area contributed by atoms with E-state index in [4.69, 9.17) is 0 Å². The van der Waals surface area contributed by atoms with Crippen LogP contribution >= 0.6 is 0 Å². The van der Waals surface area contributed by atoms with Gasteiger partial charge in [-0.15, -0.1) is 0 Å². The van der Waals surface area contributed by atoms with E-state index in [0.717, 1.165) is 0 Å². The monoisotopic (exact) mass is 188 g/mol. The molecule has 0 amide bonds. The van der Waals surface area contributed by atoms with Crippen molar-refractivity contribution >= 4 is 11.4 Å². The summed E-state index contributed by atoms with van der Waals surface area (Å²) < 4.78 is 25.4. The van der Waals surface area contributed by atoms with Gasteiger partial charge in [0.1, 0.15) is 11.5 Å². The van der Waals surface area contributed by atoms with E-state index in [1.807, 2.05) is 0 Å². The lowest BCUT2D eigenvalue weighted by Gasteiger charge is -2.02. The minimum absolute atomic E-state index is 0.314. The largest absolute Gasteiger partial charge is 0.380 e. The number of nitrogens with zero attached hydrogens (tertiary/aromatic N) is 1. The number of anilines is 1. The SMILES string of the molecule is CNc1c(F)cc(F)cc1[N+](=O)[O-]. The van der Waals surface area contributed by atoms with Crippen molar-refractivity contribution < 1.29 is 13.7 Å². The first-order valence-electron chi connectivity index (χ1n) is 3.37. The highest BCUT2D eigenvalue weighted by atomic mass is 19.1. The minimum atomic E-state index is -0.978. The molecular weight excluding hydrogens is 182 g/mol. The summed E-state index contributed by atoms with van der Waals surface area (Å²) in [5, 5.41) is 12.6. The van der Waals surface area contributed by atoms with Crippen LogP contribution in [0.25, 0.3) is 0 Å². The number of halogens is 2. The number of hydrogen-bond donors (Lipinski definition) is 1. The number of nitro benzene ring substituents is 1. The highest BCUT2D eigenvalue weighted by Gasteiger charge is 2.18. The van der Waals surface area contributed by atoms with E-state index >= 15 is 0 Å². The predicted octanol–water partition coefficient (Wildman–Crippen LogP) is 1.91. The molecule has 1 aromatic rings. The number of nitro groups is 1. The molecule has 0 radical (unpaired) electrons. The Labute approximate surface area is 72.3 Å². The molecule has 70 valence electrons. The van der Waals surface area contributed by atoms with Gasteiger partial charge >= 0.3 is 0 Å². The normalized spacial score (nSPS) is 9.77. The molecule has 6 heteroatoms. The molecule has 0 saturated carbocycles. The van der Waals surface area contributed by atoms with Crippen molar-refractivity contribution in [3.05, 3.63) is 33.9 Å². The van der Waals surface area contributed by atoms with Crippen LogP contribution in [0.3, 0.4) is 0 Å². The first-order valence-corrected chi connectivity index (χ1v) is 3.37. The summed E-state index contributed by atoms with van der Waals surface area (Å²) in [5.41, 5.74) is -0.925. The molecule has 0 heterocycles. The van der Waals surface area contributed by atoms with Gasteiger partial charge in [-0.2, -0.15) is 0 Å². The zero-order valence-corrected chi connectivity index (χ0v) is 6.67. The van der Waals surface area contributed by atoms with Crippen molar-refractivity contribution in [2.24, 2.45) is 0 Å². The van der Waals surface area contributed by atoms with Crippen LogP contribution in [0.2, 0.25) is 0 Å². The fourth-order valence-corrected chi connectivity index (χ4v) is 0.951. The van der Waals surface area contributed by atoms with E-state index in [9.17, 15) is 18.9 Å². The minimum Gasteiger partial charge on any atom is -0.380 e. The fraction of sp³-hybridized carbons (Fsp3) is 0.143. The Morgan fingerprint density at radius 3 is 2.54 bits per heavy atom. The summed E-state index contributed by atoms with van der Waals surface area (Å²) >= 11 is 0. The van der Waals surface area contributed by atoms with Gasteiger partial charge in [-0.05, 0) is 0 Å². The lowest BCUT2D eigenvalue weighted by molar-refractivity contribution is -0.384. The Balaban J connectivity index is 3.38. The highest BCUT2D eigenvalue weighted by molar-refractivity contribution is 5.61. The first-order chi connectivity index (χ1) is 6.06. The van der Waals surface area contributed by atoms with Gasteiger partial charge in [-0.3, -0.25) is 10.1 Å². The summed E-state index contributed by atoms with van der Waals surface area (Å²) in [6, 6.07) is 1.24. The molecule has 1 aromatic carbocycles. The Morgan fingerprint density at radius 2 is 2.08 bits per heavy atom. The van der Waals surface area contributed by atoms with Gasteiger partial charge < -0.3 is 5.32 Å². The van der Waals surface area contributed by atoms with Crippen molar-refractivity contribution in [2.75, 3.05) is 12.4 Å². The Morgan fingerprint density at radius 1 is 1.46 bits per heavy atom. The molecular formula is C7H6F2N2O2. The van der Waals surface area contributed by atoms with Gasteiger partial charge in [0.15, 0.2) is 5.82 Å². The molecule has 0 unspecified atom stereocenters. The van der Waals surface area contributed by atoms with E-state index in [0.29, 0.717) is 12.1 Å².